The Morgan fingerprint density at radius 3 is 2.57 bits per heavy atom. The molecule has 1 atom stereocenters. The van der Waals surface area contributed by atoms with E-state index in [4.69, 9.17) is 9.68 Å². The van der Waals surface area contributed by atoms with E-state index in [1.54, 1.807) is 23.1 Å². The fourth-order valence-electron chi connectivity index (χ4n) is 2.92. The zero-order chi connectivity index (χ0) is 19.5. The topological polar surface area (TPSA) is 57.2 Å². The first-order valence-corrected chi connectivity index (χ1v) is 10.1. The van der Waals surface area contributed by atoms with Crippen molar-refractivity contribution in [1.29, 1.82) is 5.26 Å². The minimum absolute atomic E-state index is 0.0508. The lowest BCUT2D eigenvalue weighted by molar-refractivity contribution is -0.125. The van der Waals surface area contributed by atoms with Gasteiger partial charge in [0, 0.05) is 18.2 Å². The Hall–Kier alpha value is -2.88. The second kappa shape index (κ2) is 8.01. The SMILES string of the molecule is N#Cc1ccc(-c2ccc(/C=C3\SC(S)N(Cc4ccccc4)C3=O)o2)cc1. The Bertz CT molecular complexity index is 1070. The first-order chi connectivity index (χ1) is 13.6. The van der Waals surface area contributed by atoms with Crippen molar-refractivity contribution in [2.45, 2.75) is 11.3 Å². The molecule has 0 bridgehead atoms. The number of benzene rings is 2. The molecule has 0 aliphatic carbocycles. The van der Waals surface area contributed by atoms with Crippen LogP contribution >= 0.6 is 24.4 Å². The average molecular weight is 405 g/mol. The summed E-state index contributed by atoms with van der Waals surface area (Å²) in [6.07, 6.45) is 1.76. The van der Waals surface area contributed by atoms with Gasteiger partial charge in [0.15, 0.2) is 0 Å². The molecule has 1 saturated heterocycles. The summed E-state index contributed by atoms with van der Waals surface area (Å²) in [6.45, 7) is 0.521. The first kappa shape index (κ1) is 18.5. The van der Waals surface area contributed by atoms with Gasteiger partial charge in [0.05, 0.1) is 16.5 Å². The van der Waals surface area contributed by atoms with Gasteiger partial charge in [-0.05, 0) is 42.0 Å². The third kappa shape index (κ3) is 3.86. The normalized spacial score (nSPS) is 17.9. The Kier molecular flexibility index (Phi) is 5.29. The molecule has 2 aromatic carbocycles. The number of thiol groups is 1. The minimum Gasteiger partial charge on any atom is -0.457 e. The number of rotatable bonds is 4. The summed E-state index contributed by atoms with van der Waals surface area (Å²) in [5.41, 5.74) is 2.55. The lowest BCUT2D eigenvalue weighted by Crippen LogP contribution is -2.28. The molecule has 3 aromatic rings. The summed E-state index contributed by atoms with van der Waals surface area (Å²) in [5.74, 6) is 1.25. The molecule has 1 fully saturated rings. The molecule has 2 heterocycles. The number of furan rings is 1. The molecule has 4 nitrogen and oxygen atoms in total. The Morgan fingerprint density at radius 1 is 1.11 bits per heavy atom. The van der Waals surface area contributed by atoms with Crippen LogP contribution in [-0.4, -0.2) is 15.5 Å². The number of hydrogen-bond donors (Lipinski definition) is 1. The van der Waals surface area contributed by atoms with Crippen molar-refractivity contribution >= 4 is 36.4 Å². The van der Waals surface area contributed by atoms with Crippen molar-refractivity contribution in [3.63, 3.8) is 0 Å². The molecular formula is C22H16N2O2S2. The van der Waals surface area contributed by atoms with E-state index in [-0.39, 0.29) is 10.6 Å². The summed E-state index contributed by atoms with van der Waals surface area (Å²) in [7, 11) is 0. The zero-order valence-corrected chi connectivity index (χ0v) is 16.5. The molecule has 0 spiro atoms. The molecule has 1 aliphatic rings. The number of nitrogens with zero attached hydrogens (tertiary/aromatic N) is 2. The molecule has 6 heteroatoms. The van der Waals surface area contributed by atoms with E-state index >= 15 is 0 Å². The molecule has 1 aromatic heterocycles. The highest BCUT2D eigenvalue weighted by atomic mass is 32.2. The maximum Gasteiger partial charge on any atom is 0.262 e. The third-order valence-electron chi connectivity index (χ3n) is 4.37. The summed E-state index contributed by atoms with van der Waals surface area (Å²) in [6, 6.07) is 22.8. The predicted octanol–water partition coefficient (Wildman–Crippen LogP) is 5.15. The van der Waals surface area contributed by atoms with Crippen LogP contribution in [0.3, 0.4) is 0 Å². The van der Waals surface area contributed by atoms with Crippen molar-refractivity contribution < 1.29 is 9.21 Å². The monoisotopic (exact) mass is 404 g/mol. The van der Waals surface area contributed by atoms with Crippen LogP contribution in [0, 0.1) is 11.3 Å². The van der Waals surface area contributed by atoms with Crippen LogP contribution < -0.4 is 0 Å². The number of carbonyl (C=O) groups is 1. The minimum atomic E-state index is -0.230. The summed E-state index contributed by atoms with van der Waals surface area (Å²) in [5, 5.41) is 8.90. The molecule has 0 radical (unpaired) electrons. The van der Waals surface area contributed by atoms with E-state index < -0.39 is 0 Å². The van der Waals surface area contributed by atoms with E-state index in [0.717, 1.165) is 11.1 Å². The van der Waals surface area contributed by atoms with E-state index in [1.807, 2.05) is 54.6 Å². The number of carbonyl (C=O) groups excluding carboxylic acids is 1. The summed E-state index contributed by atoms with van der Waals surface area (Å²) >= 11 is 5.97. The maximum atomic E-state index is 12.8. The van der Waals surface area contributed by atoms with Gasteiger partial charge in [0.2, 0.25) is 0 Å². The van der Waals surface area contributed by atoms with Gasteiger partial charge < -0.3 is 9.32 Å². The van der Waals surface area contributed by atoms with Gasteiger partial charge >= 0.3 is 0 Å². The Labute approximate surface area is 172 Å². The van der Waals surface area contributed by atoms with E-state index in [9.17, 15) is 4.79 Å². The van der Waals surface area contributed by atoms with Gasteiger partial charge in [0.25, 0.3) is 5.91 Å². The second-order valence-electron chi connectivity index (χ2n) is 6.26. The first-order valence-electron chi connectivity index (χ1n) is 8.66. The van der Waals surface area contributed by atoms with Gasteiger partial charge in [-0.1, -0.05) is 42.1 Å². The molecule has 0 saturated carbocycles. The van der Waals surface area contributed by atoms with Gasteiger partial charge in [-0.2, -0.15) is 5.26 Å². The van der Waals surface area contributed by atoms with Crippen molar-refractivity contribution in [3.05, 3.63) is 88.5 Å². The Morgan fingerprint density at radius 2 is 1.86 bits per heavy atom. The van der Waals surface area contributed by atoms with Crippen molar-refractivity contribution in [2.75, 3.05) is 0 Å². The summed E-state index contributed by atoms with van der Waals surface area (Å²) < 4.78 is 5.64. The van der Waals surface area contributed by atoms with E-state index in [1.165, 1.54) is 11.8 Å². The van der Waals surface area contributed by atoms with E-state index in [2.05, 4.69) is 18.7 Å². The number of nitriles is 1. The highest BCUT2D eigenvalue weighted by Crippen LogP contribution is 2.39. The molecule has 0 N–H and O–H groups in total. The van der Waals surface area contributed by atoms with Gasteiger partial charge in [0.1, 0.15) is 16.2 Å². The predicted molar refractivity (Wildman–Crippen MR) is 114 cm³/mol. The molecule has 28 heavy (non-hydrogen) atoms. The van der Waals surface area contributed by atoms with E-state index in [0.29, 0.717) is 28.5 Å². The van der Waals surface area contributed by atoms with Crippen molar-refractivity contribution in [1.82, 2.24) is 4.90 Å². The fourth-order valence-corrected chi connectivity index (χ4v) is 4.37. The number of hydrogen-bond acceptors (Lipinski definition) is 5. The standard InChI is InChI=1S/C22H16N2O2S2/c23-13-15-6-8-17(9-7-15)19-11-10-18(26-19)12-20-21(25)24(22(27)28-20)14-16-4-2-1-3-5-16/h1-12,22,27H,14H2/b20-12-. The smallest absolute Gasteiger partial charge is 0.262 e. The molecular weight excluding hydrogens is 388 g/mol. The molecule has 4 rings (SSSR count). The van der Waals surface area contributed by atoms with Crippen molar-refractivity contribution in [3.8, 4) is 17.4 Å². The van der Waals surface area contributed by atoms with Crippen LogP contribution in [0.5, 0.6) is 0 Å². The molecule has 138 valence electrons. The van der Waals surface area contributed by atoms with Gasteiger partial charge in [-0.15, -0.1) is 12.6 Å². The number of amides is 1. The van der Waals surface area contributed by atoms with Gasteiger partial charge in [-0.25, -0.2) is 0 Å². The highest BCUT2D eigenvalue weighted by Gasteiger charge is 2.34. The largest absolute Gasteiger partial charge is 0.457 e. The number of thioether (sulfide) groups is 1. The van der Waals surface area contributed by atoms with Crippen LogP contribution in [0.25, 0.3) is 17.4 Å². The maximum absolute atomic E-state index is 12.8. The summed E-state index contributed by atoms with van der Waals surface area (Å²) in [4.78, 5) is 15.1. The average Bonchev–Trinajstić information content (AvgIpc) is 3.29. The molecule has 1 amide bonds. The van der Waals surface area contributed by atoms with Crippen LogP contribution in [-0.2, 0) is 11.3 Å². The molecule has 1 unspecified atom stereocenters. The quantitative estimate of drug-likeness (QED) is 0.483. The second-order valence-corrected chi connectivity index (χ2v) is 8.22. The van der Waals surface area contributed by atoms with Gasteiger partial charge in [-0.3, -0.25) is 4.79 Å². The van der Waals surface area contributed by atoms with Crippen LogP contribution in [0.4, 0.5) is 0 Å². The molecule has 1 aliphatic heterocycles. The highest BCUT2D eigenvalue weighted by molar-refractivity contribution is 8.14. The van der Waals surface area contributed by atoms with Crippen LogP contribution in [0.2, 0.25) is 0 Å². The van der Waals surface area contributed by atoms with Crippen molar-refractivity contribution in [2.24, 2.45) is 0 Å². The zero-order valence-electron chi connectivity index (χ0n) is 14.8. The van der Waals surface area contributed by atoms with Crippen LogP contribution in [0.1, 0.15) is 16.9 Å². The third-order valence-corrected chi connectivity index (χ3v) is 5.97. The fraction of sp³-hybridized carbons (Fsp3) is 0.0909. The Balaban J connectivity index is 1.52. The van der Waals surface area contributed by atoms with Crippen LogP contribution in [0.15, 0.2) is 76.1 Å². The lowest BCUT2D eigenvalue weighted by Gasteiger charge is -2.19. The lowest BCUT2D eigenvalue weighted by atomic mass is 10.1.